The second-order valence-electron chi connectivity index (χ2n) is 6.27. The number of thioether (sulfide) groups is 1. The number of carbonyl (C=O) groups is 2. The highest BCUT2D eigenvalue weighted by Crippen LogP contribution is 2.20. The molecule has 3 rings (SSSR count). The van der Waals surface area contributed by atoms with Crippen LogP contribution in [0.15, 0.2) is 60.0 Å². The predicted octanol–water partition coefficient (Wildman–Crippen LogP) is 2.09. The average molecular weight is 409 g/mol. The molecule has 0 saturated carbocycles. The van der Waals surface area contributed by atoms with E-state index in [1.165, 1.54) is 36.3 Å². The maximum atomic E-state index is 12.2. The van der Waals surface area contributed by atoms with E-state index >= 15 is 0 Å². The highest BCUT2D eigenvalue weighted by Gasteiger charge is 2.10. The zero-order chi connectivity index (χ0) is 20.8. The van der Waals surface area contributed by atoms with Gasteiger partial charge in [0.05, 0.1) is 5.56 Å². The van der Waals surface area contributed by atoms with E-state index in [0.717, 1.165) is 22.1 Å². The fraction of sp³-hybridized carbons (Fsp3) is 0.150. The Morgan fingerprint density at radius 1 is 0.931 bits per heavy atom. The van der Waals surface area contributed by atoms with Crippen molar-refractivity contribution in [2.75, 3.05) is 0 Å². The van der Waals surface area contributed by atoms with Gasteiger partial charge in [-0.25, -0.2) is 9.97 Å². The second-order valence-corrected chi connectivity index (χ2v) is 7.22. The maximum Gasteiger partial charge on any atom is 0.270 e. The third-order valence-corrected chi connectivity index (χ3v) is 4.82. The minimum absolute atomic E-state index is 0.262. The first-order valence-corrected chi connectivity index (χ1v) is 9.73. The zero-order valence-corrected chi connectivity index (χ0v) is 16.7. The summed E-state index contributed by atoms with van der Waals surface area (Å²) in [7, 11) is 0. The number of nitrogens with one attached hydrogen (secondary N) is 2. The van der Waals surface area contributed by atoms with Crippen LogP contribution in [0.2, 0.25) is 0 Å². The van der Waals surface area contributed by atoms with Gasteiger partial charge in [-0.3, -0.25) is 20.4 Å². The van der Waals surface area contributed by atoms with Gasteiger partial charge in [0.1, 0.15) is 0 Å². The maximum absolute atomic E-state index is 12.2. The van der Waals surface area contributed by atoms with Crippen LogP contribution in [-0.4, -0.2) is 21.8 Å². The Hall–Kier alpha value is -3.46. The van der Waals surface area contributed by atoms with E-state index in [1.807, 2.05) is 32.0 Å². The molecule has 0 radical (unpaired) electrons. The molecule has 29 heavy (non-hydrogen) atoms. The van der Waals surface area contributed by atoms with Crippen LogP contribution in [0.4, 0.5) is 0 Å². The molecule has 2 N–H and O–H groups in total. The normalized spacial score (nSPS) is 10.4. The summed E-state index contributed by atoms with van der Waals surface area (Å²) >= 11 is 1.53. The molecule has 0 spiro atoms. The largest absolute Gasteiger partial charge is 0.619 e. The highest BCUT2D eigenvalue weighted by molar-refractivity contribution is 7.98. The summed E-state index contributed by atoms with van der Waals surface area (Å²) in [6.07, 6.45) is 2.41. The van der Waals surface area contributed by atoms with Crippen molar-refractivity contribution in [3.8, 4) is 0 Å². The summed E-state index contributed by atoms with van der Waals surface area (Å²) in [6, 6.07) is 11.7. The van der Waals surface area contributed by atoms with Crippen LogP contribution in [0, 0.1) is 19.1 Å². The topological polar surface area (TPSA) is 111 Å². The molecular weight excluding hydrogens is 390 g/mol. The smallest absolute Gasteiger partial charge is 0.270 e. The highest BCUT2D eigenvalue weighted by atomic mass is 32.2. The summed E-state index contributed by atoms with van der Waals surface area (Å²) in [4.78, 5) is 32.9. The summed E-state index contributed by atoms with van der Waals surface area (Å²) in [5.74, 6) is -0.277. The number of hydrogen-bond donors (Lipinski definition) is 2. The summed E-state index contributed by atoms with van der Waals surface area (Å²) in [5, 5.41) is 11.7. The molecule has 0 aliphatic carbocycles. The Bertz CT molecular complexity index is 1000. The first-order chi connectivity index (χ1) is 13.9. The molecule has 1 aromatic carbocycles. The van der Waals surface area contributed by atoms with Gasteiger partial charge in [0.25, 0.3) is 11.8 Å². The molecule has 2 aromatic heterocycles. The van der Waals surface area contributed by atoms with Crippen molar-refractivity contribution in [2.24, 2.45) is 0 Å². The van der Waals surface area contributed by atoms with Crippen molar-refractivity contribution in [1.82, 2.24) is 20.8 Å². The lowest BCUT2D eigenvalue weighted by Crippen LogP contribution is -2.41. The lowest BCUT2D eigenvalue weighted by molar-refractivity contribution is -0.605. The summed E-state index contributed by atoms with van der Waals surface area (Å²) in [6.45, 7) is 3.87. The fourth-order valence-electron chi connectivity index (χ4n) is 2.48. The molecule has 3 aromatic rings. The van der Waals surface area contributed by atoms with Gasteiger partial charge in [0.15, 0.2) is 17.6 Å². The van der Waals surface area contributed by atoms with E-state index in [2.05, 4.69) is 20.8 Å². The number of benzene rings is 1. The Balaban J connectivity index is 1.53. The number of rotatable bonds is 5. The monoisotopic (exact) mass is 409 g/mol. The molecule has 148 valence electrons. The molecule has 0 saturated heterocycles. The van der Waals surface area contributed by atoms with Gasteiger partial charge >= 0.3 is 0 Å². The Labute approximate surface area is 172 Å². The van der Waals surface area contributed by atoms with E-state index in [4.69, 9.17) is 0 Å². The molecule has 0 bridgehead atoms. The molecule has 9 heteroatoms. The number of hydrogen-bond acceptors (Lipinski definition) is 6. The average Bonchev–Trinajstić information content (AvgIpc) is 2.70. The summed E-state index contributed by atoms with van der Waals surface area (Å²) in [5.41, 5.74) is 8.22. The Morgan fingerprint density at radius 3 is 2.00 bits per heavy atom. The minimum atomic E-state index is -0.514. The molecule has 0 fully saturated rings. The van der Waals surface area contributed by atoms with Gasteiger partial charge in [-0.15, -0.1) is 0 Å². The van der Waals surface area contributed by atoms with E-state index in [1.54, 1.807) is 12.1 Å². The second kappa shape index (κ2) is 9.16. The van der Waals surface area contributed by atoms with Crippen LogP contribution in [0.5, 0.6) is 0 Å². The molecule has 8 nitrogen and oxygen atoms in total. The van der Waals surface area contributed by atoms with Crippen molar-refractivity contribution in [2.45, 2.75) is 24.8 Å². The van der Waals surface area contributed by atoms with Crippen LogP contribution in [-0.2, 0) is 5.75 Å². The standard InChI is InChI=1S/C20H19N5O3S/c1-13-11-14(2)22-20(21-13)29-12-15-3-5-16(6-4-15)18(26)23-24-19(27)17-7-9-25(28)10-8-17/h3-11H,12H2,1-2H3,(H,23,26)(H,24,27). The van der Waals surface area contributed by atoms with Crippen molar-refractivity contribution in [3.05, 3.63) is 88.1 Å². The van der Waals surface area contributed by atoms with Crippen molar-refractivity contribution < 1.29 is 14.3 Å². The SMILES string of the molecule is Cc1cc(C)nc(SCc2ccc(C(=O)NNC(=O)c3cc[n+]([O-])cc3)cc2)n1. The van der Waals surface area contributed by atoms with Crippen LogP contribution in [0.25, 0.3) is 0 Å². The van der Waals surface area contributed by atoms with Crippen molar-refractivity contribution in [3.63, 3.8) is 0 Å². The number of hydrazine groups is 1. The third-order valence-electron chi connectivity index (χ3n) is 3.90. The van der Waals surface area contributed by atoms with E-state index in [0.29, 0.717) is 16.0 Å². The van der Waals surface area contributed by atoms with Gasteiger partial charge in [0, 0.05) is 34.8 Å². The molecular formula is C20H19N5O3S. The first kappa shape index (κ1) is 20.3. The predicted molar refractivity (Wildman–Crippen MR) is 108 cm³/mol. The van der Waals surface area contributed by atoms with Crippen LogP contribution >= 0.6 is 11.8 Å². The zero-order valence-electron chi connectivity index (χ0n) is 15.9. The molecule has 0 atom stereocenters. The fourth-order valence-corrected chi connectivity index (χ4v) is 3.39. The minimum Gasteiger partial charge on any atom is -0.619 e. The quantitative estimate of drug-likeness (QED) is 0.219. The Morgan fingerprint density at radius 2 is 1.45 bits per heavy atom. The Kier molecular flexibility index (Phi) is 6.40. The van der Waals surface area contributed by atoms with Gasteiger partial charge in [-0.05, 0) is 37.6 Å². The molecule has 0 unspecified atom stereocenters. The number of carbonyl (C=O) groups excluding carboxylic acids is 2. The van der Waals surface area contributed by atoms with Crippen molar-refractivity contribution in [1.29, 1.82) is 0 Å². The number of aryl methyl sites for hydroxylation is 2. The number of nitrogens with zero attached hydrogens (tertiary/aromatic N) is 3. The number of amides is 2. The molecule has 0 aliphatic heterocycles. The lowest BCUT2D eigenvalue weighted by Gasteiger charge is -2.08. The molecule has 0 aliphatic rings. The van der Waals surface area contributed by atoms with Gasteiger partial charge in [-0.1, -0.05) is 23.9 Å². The van der Waals surface area contributed by atoms with Gasteiger partial charge < -0.3 is 5.21 Å². The third kappa shape index (κ3) is 5.76. The van der Waals surface area contributed by atoms with Crippen LogP contribution in [0.1, 0.15) is 37.7 Å². The van der Waals surface area contributed by atoms with Crippen LogP contribution < -0.4 is 15.6 Å². The molecule has 2 heterocycles. The van der Waals surface area contributed by atoms with Crippen LogP contribution in [0.3, 0.4) is 0 Å². The number of pyridine rings is 1. The van der Waals surface area contributed by atoms with E-state index in [-0.39, 0.29) is 5.56 Å². The van der Waals surface area contributed by atoms with Gasteiger partial charge in [0.2, 0.25) is 0 Å². The van der Waals surface area contributed by atoms with E-state index < -0.39 is 11.8 Å². The van der Waals surface area contributed by atoms with Crippen molar-refractivity contribution >= 4 is 23.6 Å². The number of aromatic nitrogens is 3. The lowest BCUT2D eigenvalue weighted by atomic mass is 10.1. The van der Waals surface area contributed by atoms with Gasteiger partial charge in [-0.2, -0.15) is 4.73 Å². The summed E-state index contributed by atoms with van der Waals surface area (Å²) < 4.78 is 0.571. The first-order valence-electron chi connectivity index (χ1n) is 8.74. The van der Waals surface area contributed by atoms with E-state index in [9.17, 15) is 14.8 Å². The molecule has 2 amide bonds.